The quantitative estimate of drug-likeness (QED) is 0.634. The second-order valence-corrected chi connectivity index (χ2v) is 3.41. The maximum Gasteiger partial charge on any atom is 0.153 e. The van der Waals surface area contributed by atoms with Gasteiger partial charge in [0, 0.05) is 31.9 Å². The van der Waals surface area contributed by atoms with Gasteiger partial charge in [-0.3, -0.25) is 4.68 Å². The molecule has 0 atom stereocenters. The van der Waals surface area contributed by atoms with E-state index in [1.54, 1.807) is 0 Å². The molecule has 1 aliphatic heterocycles. The number of ether oxygens (including phenoxy) is 1. The molecule has 1 fully saturated rings. The van der Waals surface area contributed by atoms with Gasteiger partial charge in [-0.1, -0.05) is 0 Å². The third-order valence-electron chi connectivity index (χ3n) is 2.30. The third kappa shape index (κ3) is 1.67. The average molecular weight is 181 g/mol. The highest BCUT2D eigenvalue weighted by atomic mass is 16.5. The Hall–Kier alpha value is -1.03. The molecule has 4 nitrogen and oxygen atoms in total. The molecule has 0 unspecified atom stereocenters. The van der Waals surface area contributed by atoms with Crippen LogP contribution in [0, 0.1) is 6.92 Å². The summed E-state index contributed by atoms with van der Waals surface area (Å²) in [6, 6.07) is 0. The van der Waals surface area contributed by atoms with E-state index in [0.717, 1.165) is 32.1 Å². The summed E-state index contributed by atoms with van der Waals surface area (Å²) in [5, 5.41) is 4.42. The topological polar surface area (TPSA) is 30.3 Å². The van der Waals surface area contributed by atoms with Crippen molar-refractivity contribution in [3.8, 4) is 0 Å². The molecule has 2 rings (SSSR count). The van der Waals surface area contributed by atoms with Crippen molar-refractivity contribution in [1.29, 1.82) is 0 Å². The molecule has 72 valence electrons. The summed E-state index contributed by atoms with van der Waals surface area (Å²) in [6.07, 6.45) is 2.05. The minimum absolute atomic E-state index is 0.815. The molecule has 1 aliphatic rings. The van der Waals surface area contributed by atoms with Crippen molar-refractivity contribution in [1.82, 2.24) is 9.78 Å². The Balaban J connectivity index is 2.18. The van der Waals surface area contributed by atoms with Crippen molar-refractivity contribution >= 4 is 5.82 Å². The van der Waals surface area contributed by atoms with Crippen LogP contribution in [0.2, 0.25) is 0 Å². The number of hydrogen-bond donors (Lipinski definition) is 0. The van der Waals surface area contributed by atoms with Gasteiger partial charge in [0.05, 0.1) is 13.2 Å². The standard InChI is InChI=1S/C9H15N3O/c1-8-7-11(2)10-9(8)12-3-5-13-6-4-12/h7H,3-6H2,1-2H3. The monoisotopic (exact) mass is 181 g/mol. The van der Waals surface area contributed by atoms with Gasteiger partial charge in [0.25, 0.3) is 0 Å². The molecule has 0 N–H and O–H groups in total. The van der Waals surface area contributed by atoms with Gasteiger partial charge in [0.15, 0.2) is 5.82 Å². The lowest BCUT2D eigenvalue weighted by molar-refractivity contribution is 0.122. The largest absolute Gasteiger partial charge is 0.378 e. The van der Waals surface area contributed by atoms with Crippen LogP contribution in [-0.2, 0) is 11.8 Å². The van der Waals surface area contributed by atoms with Crippen molar-refractivity contribution in [2.75, 3.05) is 31.2 Å². The maximum absolute atomic E-state index is 5.29. The van der Waals surface area contributed by atoms with E-state index in [1.165, 1.54) is 5.56 Å². The normalized spacial score (nSPS) is 17.8. The van der Waals surface area contributed by atoms with Crippen LogP contribution in [0.5, 0.6) is 0 Å². The van der Waals surface area contributed by atoms with E-state index in [1.807, 2.05) is 17.9 Å². The number of morpholine rings is 1. The van der Waals surface area contributed by atoms with E-state index < -0.39 is 0 Å². The minimum atomic E-state index is 0.815. The lowest BCUT2D eigenvalue weighted by Gasteiger charge is -2.27. The van der Waals surface area contributed by atoms with Crippen LogP contribution < -0.4 is 4.90 Å². The van der Waals surface area contributed by atoms with Gasteiger partial charge in [-0.15, -0.1) is 0 Å². The summed E-state index contributed by atoms with van der Waals surface area (Å²) in [6.45, 7) is 5.64. The Labute approximate surface area is 78.1 Å². The number of aromatic nitrogens is 2. The highest BCUT2D eigenvalue weighted by Gasteiger charge is 2.15. The van der Waals surface area contributed by atoms with Crippen molar-refractivity contribution in [3.63, 3.8) is 0 Å². The molecule has 2 heterocycles. The first kappa shape index (κ1) is 8.56. The number of rotatable bonds is 1. The maximum atomic E-state index is 5.29. The van der Waals surface area contributed by atoms with Crippen LogP contribution in [0.1, 0.15) is 5.56 Å². The average Bonchev–Trinajstić information content (AvgIpc) is 2.47. The Morgan fingerprint density at radius 2 is 2.08 bits per heavy atom. The predicted molar refractivity (Wildman–Crippen MR) is 51.0 cm³/mol. The lowest BCUT2D eigenvalue weighted by Crippen LogP contribution is -2.36. The van der Waals surface area contributed by atoms with E-state index in [-0.39, 0.29) is 0 Å². The molecule has 1 saturated heterocycles. The molecule has 4 heteroatoms. The Bertz CT molecular complexity index is 289. The van der Waals surface area contributed by atoms with Crippen molar-refractivity contribution in [3.05, 3.63) is 11.8 Å². The smallest absolute Gasteiger partial charge is 0.153 e. The van der Waals surface area contributed by atoms with Gasteiger partial charge >= 0.3 is 0 Å². The minimum Gasteiger partial charge on any atom is -0.378 e. The zero-order valence-corrected chi connectivity index (χ0v) is 8.16. The highest BCUT2D eigenvalue weighted by molar-refractivity contribution is 5.45. The van der Waals surface area contributed by atoms with E-state index in [2.05, 4.69) is 16.9 Å². The van der Waals surface area contributed by atoms with Gasteiger partial charge in [-0.05, 0) is 6.92 Å². The van der Waals surface area contributed by atoms with Crippen LogP contribution in [-0.4, -0.2) is 36.1 Å². The van der Waals surface area contributed by atoms with Gasteiger partial charge in [0.1, 0.15) is 0 Å². The van der Waals surface area contributed by atoms with E-state index >= 15 is 0 Å². The van der Waals surface area contributed by atoms with Crippen LogP contribution >= 0.6 is 0 Å². The molecule has 1 aromatic heterocycles. The molecule has 0 amide bonds. The fraction of sp³-hybridized carbons (Fsp3) is 0.667. The number of hydrogen-bond acceptors (Lipinski definition) is 3. The molecular formula is C9H15N3O. The SMILES string of the molecule is Cc1cn(C)nc1N1CCOCC1. The van der Waals surface area contributed by atoms with Crippen LogP contribution in [0.3, 0.4) is 0 Å². The number of anilines is 1. The molecule has 0 aliphatic carbocycles. The second kappa shape index (κ2) is 3.38. The van der Waals surface area contributed by atoms with Crippen LogP contribution in [0.15, 0.2) is 6.20 Å². The Morgan fingerprint density at radius 3 is 2.62 bits per heavy atom. The van der Waals surface area contributed by atoms with Gasteiger partial charge in [-0.2, -0.15) is 5.10 Å². The molecule has 0 bridgehead atoms. The molecule has 0 aromatic carbocycles. The molecular weight excluding hydrogens is 166 g/mol. The summed E-state index contributed by atoms with van der Waals surface area (Å²) >= 11 is 0. The fourth-order valence-corrected chi connectivity index (χ4v) is 1.68. The number of aryl methyl sites for hydroxylation is 2. The number of nitrogens with zero attached hydrogens (tertiary/aromatic N) is 3. The van der Waals surface area contributed by atoms with E-state index in [4.69, 9.17) is 4.74 Å². The van der Waals surface area contributed by atoms with Crippen LogP contribution in [0.4, 0.5) is 5.82 Å². The summed E-state index contributed by atoms with van der Waals surface area (Å²) in [7, 11) is 1.96. The summed E-state index contributed by atoms with van der Waals surface area (Å²) in [5.74, 6) is 1.10. The first-order valence-electron chi connectivity index (χ1n) is 4.60. The van der Waals surface area contributed by atoms with Crippen LogP contribution in [0.25, 0.3) is 0 Å². The highest BCUT2D eigenvalue weighted by Crippen LogP contribution is 2.17. The van der Waals surface area contributed by atoms with E-state index in [0.29, 0.717) is 0 Å². The Kier molecular flexibility index (Phi) is 2.22. The van der Waals surface area contributed by atoms with Gasteiger partial charge in [-0.25, -0.2) is 0 Å². The molecule has 1 aromatic rings. The molecule has 0 saturated carbocycles. The molecule has 0 radical (unpaired) electrons. The van der Waals surface area contributed by atoms with Crippen molar-refractivity contribution < 1.29 is 4.74 Å². The molecule has 13 heavy (non-hydrogen) atoms. The first-order valence-corrected chi connectivity index (χ1v) is 4.60. The van der Waals surface area contributed by atoms with Gasteiger partial charge < -0.3 is 9.64 Å². The second-order valence-electron chi connectivity index (χ2n) is 3.41. The fourth-order valence-electron chi connectivity index (χ4n) is 1.68. The molecule has 0 spiro atoms. The summed E-state index contributed by atoms with van der Waals surface area (Å²) in [5.41, 5.74) is 1.24. The van der Waals surface area contributed by atoms with E-state index in [9.17, 15) is 0 Å². The lowest BCUT2D eigenvalue weighted by atomic mass is 10.3. The first-order chi connectivity index (χ1) is 6.27. The third-order valence-corrected chi connectivity index (χ3v) is 2.30. The van der Waals surface area contributed by atoms with Crippen molar-refractivity contribution in [2.24, 2.45) is 7.05 Å². The Morgan fingerprint density at radius 1 is 1.38 bits per heavy atom. The summed E-state index contributed by atoms with van der Waals surface area (Å²) in [4.78, 5) is 2.28. The zero-order valence-electron chi connectivity index (χ0n) is 8.16. The van der Waals surface area contributed by atoms with Crippen molar-refractivity contribution in [2.45, 2.75) is 6.92 Å². The van der Waals surface area contributed by atoms with Gasteiger partial charge in [0.2, 0.25) is 0 Å². The predicted octanol–water partition coefficient (Wildman–Crippen LogP) is 0.565. The summed E-state index contributed by atoms with van der Waals surface area (Å²) < 4.78 is 7.15. The zero-order chi connectivity index (χ0) is 9.26.